The van der Waals surface area contributed by atoms with Crippen molar-refractivity contribution in [3.05, 3.63) is 51.0 Å². The third kappa shape index (κ3) is 2.84. The van der Waals surface area contributed by atoms with Crippen LogP contribution >= 0.6 is 11.3 Å². The lowest BCUT2D eigenvalue weighted by Gasteiger charge is -2.34. The van der Waals surface area contributed by atoms with E-state index in [1.54, 1.807) is 11.3 Å². The fourth-order valence-corrected chi connectivity index (χ4v) is 3.89. The normalized spacial score (nSPS) is 18.5. The molecular weight excluding hydrogens is 282 g/mol. The van der Waals surface area contributed by atoms with Gasteiger partial charge in [-0.1, -0.05) is 24.3 Å². The molecule has 0 spiro atoms. The first kappa shape index (κ1) is 14.2. The molecule has 1 amide bonds. The predicted octanol–water partition coefficient (Wildman–Crippen LogP) is 2.17. The molecule has 1 aromatic heterocycles. The number of hydrogen-bond acceptors (Lipinski definition) is 4. The summed E-state index contributed by atoms with van der Waals surface area (Å²) in [6.45, 7) is 5.54. The molecule has 3 rings (SSSR count). The van der Waals surface area contributed by atoms with Gasteiger partial charge in [0, 0.05) is 18.0 Å². The van der Waals surface area contributed by atoms with Gasteiger partial charge >= 0.3 is 0 Å². The van der Waals surface area contributed by atoms with Gasteiger partial charge in [0.1, 0.15) is 0 Å². The van der Waals surface area contributed by atoms with Gasteiger partial charge in [0.05, 0.1) is 16.7 Å². The highest BCUT2D eigenvalue weighted by molar-refractivity contribution is 7.11. The largest absolute Gasteiger partial charge is 0.368 e. The number of carbonyl (C=O) groups is 1. The van der Waals surface area contributed by atoms with E-state index in [-0.39, 0.29) is 11.9 Å². The minimum atomic E-state index is -0.247. The molecule has 1 aromatic carbocycles. The summed E-state index contributed by atoms with van der Waals surface area (Å²) in [4.78, 5) is 19.7. The van der Waals surface area contributed by atoms with Crippen LogP contribution in [0.5, 0.6) is 0 Å². The minimum Gasteiger partial charge on any atom is -0.368 e. The molecule has 0 aliphatic carbocycles. The van der Waals surface area contributed by atoms with Crippen molar-refractivity contribution >= 4 is 17.2 Å². The van der Waals surface area contributed by atoms with Crippen molar-refractivity contribution in [2.24, 2.45) is 5.73 Å². The molecule has 1 aliphatic heterocycles. The molecule has 0 unspecified atom stereocenters. The Balaban J connectivity index is 1.89. The lowest BCUT2D eigenvalue weighted by molar-refractivity contribution is -0.124. The third-order valence-electron chi connectivity index (χ3n) is 4.02. The number of thiazole rings is 1. The van der Waals surface area contributed by atoms with Gasteiger partial charge in [0.2, 0.25) is 5.91 Å². The number of aromatic nitrogens is 1. The maximum absolute atomic E-state index is 11.8. The Labute approximate surface area is 128 Å². The molecule has 1 aliphatic rings. The first-order valence-electron chi connectivity index (χ1n) is 7.07. The van der Waals surface area contributed by atoms with Gasteiger partial charge in [-0.2, -0.15) is 0 Å². The van der Waals surface area contributed by atoms with E-state index in [0.29, 0.717) is 6.42 Å². The summed E-state index contributed by atoms with van der Waals surface area (Å²) in [5.41, 5.74) is 9.19. The van der Waals surface area contributed by atoms with Gasteiger partial charge in [-0.3, -0.25) is 9.69 Å². The zero-order valence-electron chi connectivity index (χ0n) is 12.3. The van der Waals surface area contributed by atoms with Crippen LogP contribution in [0.2, 0.25) is 0 Å². The highest BCUT2D eigenvalue weighted by Gasteiger charge is 2.30. The zero-order chi connectivity index (χ0) is 15.0. The lowest BCUT2D eigenvalue weighted by Crippen LogP contribution is -2.48. The second-order valence-electron chi connectivity index (χ2n) is 5.54. The number of aryl methyl sites for hydroxylation is 2. The summed E-state index contributed by atoms with van der Waals surface area (Å²) >= 11 is 1.70. The molecule has 0 saturated carbocycles. The highest BCUT2D eigenvalue weighted by atomic mass is 32.1. The fourth-order valence-electron chi connectivity index (χ4n) is 2.93. The first-order valence-corrected chi connectivity index (χ1v) is 7.89. The molecule has 0 bridgehead atoms. The van der Waals surface area contributed by atoms with Gasteiger partial charge in [-0.25, -0.2) is 4.98 Å². The topological polar surface area (TPSA) is 59.2 Å². The first-order chi connectivity index (χ1) is 10.0. The number of rotatable bonds is 3. The molecule has 21 heavy (non-hydrogen) atoms. The van der Waals surface area contributed by atoms with E-state index >= 15 is 0 Å². The van der Waals surface area contributed by atoms with E-state index in [2.05, 4.69) is 22.0 Å². The Morgan fingerprint density at radius 3 is 2.71 bits per heavy atom. The van der Waals surface area contributed by atoms with Gasteiger partial charge in [-0.15, -0.1) is 11.3 Å². The monoisotopic (exact) mass is 301 g/mol. The molecule has 1 atom stereocenters. The van der Waals surface area contributed by atoms with Gasteiger partial charge in [-0.05, 0) is 31.4 Å². The van der Waals surface area contributed by atoms with Gasteiger partial charge < -0.3 is 5.73 Å². The smallest absolute Gasteiger partial charge is 0.235 e. The van der Waals surface area contributed by atoms with Crippen LogP contribution in [-0.2, 0) is 24.3 Å². The summed E-state index contributed by atoms with van der Waals surface area (Å²) in [6, 6.07) is 8.05. The molecule has 4 nitrogen and oxygen atoms in total. The number of nitrogens with zero attached hydrogens (tertiary/aromatic N) is 2. The molecule has 2 N–H and O–H groups in total. The highest BCUT2D eigenvalue weighted by Crippen LogP contribution is 2.27. The fraction of sp³-hybridized carbons (Fsp3) is 0.375. The SMILES string of the molecule is Cc1nc(C)c(CN2Cc3ccccc3C[C@@H]2C(N)=O)s1. The van der Waals surface area contributed by atoms with Crippen LogP contribution in [0.1, 0.15) is 26.7 Å². The molecular formula is C16H19N3OS. The average molecular weight is 301 g/mol. The summed E-state index contributed by atoms with van der Waals surface area (Å²) in [5.74, 6) is -0.247. The van der Waals surface area contributed by atoms with Crippen molar-refractivity contribution in [3.63, 3.8) is 0 Å². The maximum Gasteiger partial charge on any atom is 0.235 e. The van der Waals surface area contributed by atoms with Crippen molar-refractivity contribution in [1.29, 1.82) is 0 Å². The van der Waals surface area contributed by atoms with E-state index < -0.39 is 0 Å². The number of carbonyl (C=O) groups excluding carboxylic acids is 1. The quantitative estimate of drug-likeness (QED) is 0.945. The number of primary amides is 1. The van der Waals surface area contributed by atoms with Crippen LogP contribution in [0.4, 0.5) is 0 Å². The van der Waals surface area contributed by atoms with Crippen LogP contribution in [0, 0.1) is 13.8 Å². The van der Waals surface area contributed by atoms with E-state index in [1.165, 1.54) is 16.0 Å². The van der Waals surface area contributed by atoms with Crippen LogP contribution < -0.4 is 5.73 Å². The standard InChI is InChI=1S/C16H19N3OS/c1-10-15(21-11(2)18-10)9-19-8-13-6-4-3-5-12(13)7-14(19)16(17)20/h3-6,14H,7-9H2,1-2H3,(H2,17,20)/t14-/m1/s1. The molecule has 110 valence electrons. The van der Waals surface area contributed by atoms with Crippen LogP contribution in [-0.4, -0.2) is 21.8 Å². The van der Waals surface area contributed by atoms with Crippen LogP contribution in [0.25, 0.3) is 0 Å². The zero-order valence-corrected chi connectivity index (χ0v) is 13.1. The van der Waals surface area contributed by atoms with Crippen molar-refractivity contribution < 1.29 is 4.79 Å². The number of hydrogen-bond donors (Lipinski definition) is 1. The molecule has 2 heterocycles. The second kappa shape index (κ2) is 5.58. The number of nitrogens with two attached hydrogens (primary N) is 1. The maximum atomic E-state index is 11.8. The van der Waals surface area contributed by atoms with Gasteiger partial charge in [0.15, 0.2) is 0 Å². The molecule has 0 radical (unpaired) electrons. The van der Waals surface area contributed by atoms with E-state index in [4.69, 9.17) is 5.73 Å². The van der Waals surface area contributed by atoms with Gasteiger partial charge in [0.25, 0.3) is 0 Å². The number of fused-ring (bicyclic) bond motifs is 1. The minimum absolute atomic E-state index is 0.235. The predicted molar refractivity (Wildman–Crippen MR) is 84.0 cm³/mol. The second-order valence-corrected chi connectivity index (χ2v) is 6.83. The Hall–Kier alpha value is -1.72. The Morgan fingerprint density at radius 2 is 2.10 bits per heavy atom. The molecule has 5 heteroatoms. The third-order valence-corrected chi connectivity index (χ3v) is 5.08. The summed E-state index contributed by atoms with van der Waals surface area (Å²) in [6.07, 6.45) is 0.697. The summed E-state index contributed by atoms with van der Waals surface area (Å²) in [7, 11) is 0. The van der Waals surface area contributed by atoms with Crippen LogP contribution in [0.15, 0.2) is 24.3 Å². The van der Waals surface area contributed by atoms with Crippen LogP contribution in [0.3, 0.4) is 0 Å². The number of benzene rings is 1. The van der Waals surface area contributed by atoms with Crippen molar-refractivity contribution in [3.8, 4) is 0 Å². The van der Waals surface area contributed by atoms with Crippen molar-refractivity contribution in [1.82, 2.24) is 9.88 Å². The summed E-state index contributed by atoms with van der Waals surface area (Å²) in [5, 5.41) is 1.07. The Morgan fingerprint density at radius 1 is 1.38 bits per heavy atom. The van der Waals surface area contributed by atoms with E-state index in [1.807, 2.05) is 26.0 Å². The number of amides is 1. The lowest BCUT2D eigenvalue weighted by atomic mass is 9.93. The molecule has 2 aromatic rings. The molecule has 0 fully saturated rings. The van der Waals surface area contributed by atoms with E-state index in [9.17, 15) is 4.79 Å². The Kier molecular flexibility index (Phi) is 3.78. The van der Waals surface area contributed by atoms with E-state index in [0.717, 1.165) is 23.8 Å². The Bertz CT molecular complexity index is 680. The van der Waals surface area contributed by atoms with Crippen molar-refractivity contribution in [2.75, 3.05) is 0 Å². The van der Waals surface area contributed by atoms with Crippen molar-refractivity contribution in [2.45, 2.75) is 39.4 Å². The molecule has 0 saturated heterocycles. The summed E-state index contributed by atoms with van der Waals surface area (Å²) < 4.78 is 0. The average Bonchev–Trinajstić information content (AvgIpc) is 2.76.